The highest BCUT2D eigenvalue weighted by atomic mass is 16.3. The van der Waals surface area contributed by atoms with Crippen molar-refractivity contribution in [1.82, 2.24) is 4.90 Å². The maximum absolute atomic E-state index is 11.2. The molecule has 1 amide bonds. The fourth-order valence-electron chi connectivity index (χ4n) is 1.23. The third-order valence-corrected chi connectivity index (χ3v) is 1.89. The third-order valence-electron chi connectivity index (χ3n) is 1.89. The summed E-state index contributed by atoms with van der Waals surface area (Å²) < 4.78 is 0. The Morgan fingerprint density at radius 2 is 2.09 bits per heavy atom. The molecule has 1 fully saturated rings. The van der Waals surface area contributed by atoms with Crippen LogP contribution in [-0.2, 0) is 4.79 Å². The van der Waals surface area contributed by atoms with Crippen molar-refractivity contribution < 1.29 is 9.90 Å². The molecule has 1 aliphatic heterocycles. The Morgan fingerprint density at radius 3 is 2.55 bits per heavy atom. The Labute approximate surface area is 66.3 Å². The molecule has 3 heteroatoms. The molecule has 11 heavy (non-hydrogen) atoms. The normalized spacial score (nSPS) is 19.9. The van der Waals surface area contributed by atoms with Crippen molar-refractivity contribution in [2.45, 2.75) is 18.9 Å². The molecule has 0 aromatic carbocycles. The first-order valence-electron chi connectivity index (χ1n) is 3.85. The number of rotatable bonds is 2. The molecule has 1 heterocycles. The summed E-state index contributed by atoms with van der Waals surface area (Å²) in [5, 5.41) is 9.08. The van der Waals surface area contributed by atoms with Gasteiger partial charge in [0.2, 0.25) is 0 Å². The minimum absolute atomic E-state index is 0.211. The fourth-order valence-corrected chi connectivity index (χ4v) is 1.23. The van der Waals surface area contributed by atoms with E-state index >= 15 is 0 Å². The van der Waals surface area contributed by atoms with Crippen LogP contribution in [0.25, 0.3) is 0 Å². The van der Waals surface area contributed by atoms with E-state index in [4.69, 9.17) is 5.11 Å². The Morgan fingerprint density at radius 1 is 1.55 bits per heavy atom. The molecule has 0 radical (unpaired) electrons. The van der Waals surface area contributed by atoms with Gasteiger partial charge in [-0.25, -0.2) is 0 Å². The average molecular weight is 155 g/mol. The van der Waals surface area contributed by atoms with Crippen LogP contribution in [0.15, 0.2) is 12.7 Å². The van der Waals surface area contributed by atoms with Crippen LogP contribution in [0.3, 0.4) is 0 Å². The largest absolute Gasteiger partial charge is 0.379 e. The molecule has 0 unspecified atom stereocenters. The molecule has 62 valence electrons. The van der Waals surface area contributed by atoms with E-state index in [0.29, 0.717) is 0 Å². The number of aliphatic hydroxyl groups excluding tert-OH is 1. The highest BCUT2D eigenvalue weighted by Gasteiger charge is 2.21. The molecule has 1 saturated heterocycles. The fraction of sp³-hybridized carbons (Fsp3) is 0.625. The smallest absolute Gasteiger partial charge is 0.255 e. The SMILES string of the molecule is C=C[C@H](O)C(=O)N1CCCC1. The van der Waals surface area contributed by atoms with Gasteiger partial charge in [0.25, 0.3) is 5.91 Å². The molecule has 0 aromatic heterocycles. The topological polar surface area (TPSA) is 40.5 Å². The highest BCUT2D eigenvalue weighted by Crippen LogP contribution is 2.08. The molecule has 0 aromatic rings. The quantitative estimate of drug-likeness (QED) is 0.577. The minimum atomic E-state index is -1.01. The minimum Gasteiger partial charge on any atom is -0.379 e. The van der Waals surface area contributed by atoms with Crippen LogP contribution in [-0.4, -0.2) is 35.1 Å². The molecular formula is C8H13NO2. The Balaban J connectivity index is 2.45. The maximum Gasteiger partial charge on any atom is 0.255 e. The summed E-state index contributed by atoms with van der Waals surface area (Å²) >= 11 is 0. The number of carbonyl (C=O) groups excluding carboxylic acids is 1. The van der Waals surface area contributed by atoms with E-state index in [-0.39, 0.29) is 5.91 Å². The van der Waals surface area contributed by atoms with Gasteiger partial charge in [-0.15, -0.1) is 0 Å². The van der Waals surface area contributed by atoms with Gasteiger partial charge in [-0.1, -0.05) is 12.7 Å². The summed E-state index contributed by atoms with van der Waals surface area (Å²) in [4.78, 5) is 12.9. The summed E-state index contributed by atoms with van der Waals surface area (Å²) in [5.41, 5.74) is 0. The van der Waals surface area contributed by atoms with E-state index < -0.39 is 6.10 Å². The van der Waals surface area contributed by atoms with Crippen LogP contribution < -0.4 is 0 Å². The molecular weight excluding hydrogens is 142 g/mol. The van der Waals surface area contributed by atoms with Gasteiger partial charge in [0.15, 0.2) is 6.10 Å². The molecule has 0 spiro atoms. The van der Waals surface area contributed by atoms with Gasteiger partial charge in [-0.2, -0.15) is 0 Å². The number of hydrogen-bond acceptors (Lipinski definition) is 2. The van der Waals surface area contributed by atoms with Crippen LogP contribution in [0.5, 0.6) is 0 Å². The van der Waals surface area contributed by atoms with Gasteiger partial charge in [0, 0.05) is 13.1 Å². The van der Waals surface area contributed by atoms with Gasteiger partial charge in [-0.3, -0.25) is 4.79 Å². The van der Waals surface area contributed by atoms with Gasteiger partial charge >= 0.3 is 0 Å². The van der Waals surface area contributed by atoms with Crippen LogP contribution in [0.1, 0.15) is 12.8 Å². The second-order valence-corrected chi connectivity index (χ2v) is 2.71. The number of aliphatic hydroxyl groups is 1. The van der Waals surface area contributed by atoms with Crippen LogP contribution in [0.4, 0.5) is 0 Å². The van der Waals surface area contributed by atoms with Crippen molar-refractivity contribution in [1.29, 1.82) is 0 Å². The van der Waals surface area contributed by atoms with Crippen LogP contribution in [0, 0.1) is 0 Å². The second kappa shape index (κ2) is 3.53. The zero-order valence-corrected chi connectivity index (χ0v) is 6.49. The van der Waals surface area contributed by atoms with E-state index in [1.165, 1.54) is 6.08 Å². The zero-order valence-electron chi connectivity index (χ0n) is 6.49. The van der Waals surface area contributed by atoms with E-state index in [0.717, 1.165) is 25.9 Å². The van der Waals surface area contributed by atoms with Crippen LogP contribution in [0.2, 0.25) is 0 Å². The lowest BCUT2D eigenvalue weighted by atomic mass is 10.3. The van der Waals surface area contributed by atoms with Crippen molar-refractivity contribution >= 4 is 5.91 Å². The molecule has 0 bridgehead atoms. The molecule has 1 aliphatic rings. The predicted molar refractivity (Wildman–Crippen MR) is 42.0 cm³/mol. The Kier molecular flexibility index (Phi) is 2.65. The molecule has 3 nitrogen and oxygen atoms in total. The molecule has 1 rings (SSSR count). The first-order valence-corrected chi connectivity index (χ1v) is 3.85. The lowest BCUT2D eigenvalue weighted by Crippen LogP contribution is -2.35. The number of nitrogens with zero attached hydrogens (tertiary/aromatic N) is 1. The highest BCUT2D eigenvalue weighted by molar-refractivity contribution is 5.82. The number of carbonyl (C=O) groups is 1. The molecule has 1 N–H and O–H groups in total. The van der Waals surface area contributed by atoms with Crippen molar-refractivity contribution in [3.63, 3.8) is 0 Å². The number of hydrogen-bond donors (Lipinski definition) is 1. The summed E-state index contributed by atoms with van der Waals surface area (Å²) in [6.45, 7) is 4.92. The Hall–Kier alpha value is -0.830. The van der Waals surface area contributed by atoms with Gasteiger partial charge in [0.1, 0.15) is 0 Å². The first-order chi connectivity index (χ1) is 5.25. The summed E-state index contributed by atoms with van der Waals surface area (Å²) in [7, 11) is 0. The van der Waals surface area contributed by atoms with E-state index in [2.05, 4.69) is 6.58 Å². The summed E-state index contributed by atoms with van der Waals surface area (Å²) in [6, 6.07) is 0. The van der Waals surface area contributed by atoms with Crippen LogP contribution >= 0.6 is 0 Å². The Bertz CT molecular complexity index is 161. The van der Waals surface area contributed by atoms with Gasteiger partial charge in [-0.05, 0) is 12.8 Å². The van der Waals surface area contributed by atoms with Gasteiger partial charge < -0.3 is 10.0 Å². The van der Waals surface area contributed by atoms with E-state index in [1.54, 1.807) is 4.90 Å². The lowest BCUT2D eigenvalue weighted by Gasteiger charge is -2.16. The molecule has 0 aliphatic carbocycles. The summed E-state index contributed by atoms with van der Waals surface area (Å²) in [5.74, 6) is -0.211. The van der Waals surface area contributed by atoms with Gasteiger partial charge in [0.05, 0.1) is 0 Å². The first kappa shape index (κ1) is 8.27. The molecule has 0 saturated carbocycles. The van der Waals surface area contributed by atoms with E-state index in [9.17, 15) is 4.79 Å². The number of amides is 1. The molecule has 1 atom stereocenters. The summed E-state index contributed by atoms with van der Waals surface area (Å²) in [6.07, 6.45) is 2.36. The third kappa shape index (κ3) is 1.80. The zero-order chi connectivity index (χ0) is 8.27. The van der Waals surface area contributed by atoms with Crippen molar-refractivity contribution in [2.24, 2.45) is 0 Å². The van der Waals surface area contributed by atoms with Crippen molar-refractivity contribution in [2.75, 3.05) is 13.1 Å². The maximum atomic E-state index is 11.2. The van der Waals surface area contributed by atoms with E-state index in [1.807, 2.05) is 0 Å². The second-order valence-electron chi connectivity index (χ2n) is 2.71. The standard InChI is InChI=1S/C8H13NO2/c1-2-7(10)8(11)9-5-3-4-6-9/h2,7,10H,1,3-6H2/t7-/m0/s1. The number of likely N-dealkylation sites (tertiary alicyclic amines) is 1. The average Bonchev–Trinajstić information content (AvgIpc) is 2.53. The monoisotopic (exact) mass is 155 g/mol. The predicted octanol–water partition coefficient (Wildman–Crippen LogP) is 0.156. The van der Waals surface area contributed by atoms with Crippen molar-refractivity contribution in [3.8, 4) is 0 Å². The van der Waals surface area contributed by atoms with Crippen molar-refractivity contribution in [3.05, 3.63) is 12.7 Å². The lowest BCUT2D eigenvalue weighted by molar-refractivity contribution is -0.136.